The molecule has 3 nitrogen and oxygen atoms in total. The molecule has 19 heavy (non-hydrogen) atoms. The van der Waals surface area contributed by atoms with Crippen LogP contribution in [0.5, 0.6) is 0 Å². The SMILES string of the molecule is COCCOCCCC1CC(C(C)(C)C)CCC1O. The van der Waals surface area contributed by atoms with Crippen molar-refractivity contribution >= 4 is 0 Å². The lowest BCUT2D eigenvalue weighted by molar-refractivity contribution is 0.00898. The van der Waals surface area contributed by atoms with Crippen LogP contribution in [0.2, 0.25) is 0 Å². The Labute approximate surface area is 118 Å². The number of methoxy groups -OCH3 is 1. The lowest BCUT2D eigenvalue weighted by atomic mass is 9.67. The smallest absolute Gasteiger partial charge is 0.0700 e. The second kappa shape index (κ2) is 8.23. The Morgan fingerprint density at radius 1 is 1.11 bits per heavy atom. The zero-order valence-corrected chi connectivity index (χ0v) is 13.2. The molecule has 0 amide bonds. The zero-order valence-electron chi connectivity index (χ0n) is 13.2. The van der Waals surface area contributed by atoms with Crippen LogP contribution in [0.1, 0.15) is 52.9 Å². The van der Waals surface area contributed by atoms with E-state index in [1.807, 2.05) is 0 Å². The van der Waals surface area contributed by atoms with Crippen molar-refractivity contribution in [2.45, 2.75) is 59.0 Å². The Balaban J connectivity index is 2.23. The molecule has 1 N–H and O–H groups in total. The molecule has 3 atom stereocenters. The summed E-state index contributed by atoms with van der Waals surface area (Å²) < 4.78 is 10.4. The van der Waals surface area contributed by atoms with Gasteiger partial charge in [0.1, 0.15) is 0 Å². The molecule has 0 aromatic heterocycles. The molecule has 3 unspecified atom stereocenters. The van der Waals surface area contributed by atoms with Gasteiger partial charge in [-0.3, -0.25) is 0 Å². The molecule has 0 aliphatic heterocycles. The summed E-state index contributed by atoms with van der Waals surface area (Å²) in [4.78, 5) is 0. The van der Waals surface area contributed by atoms with Crippen molar-refractivity contribution in [1.82, 2.24) is 0 Å². The van der Waals surface area contributed by atoms with Crippen molar-refractivity contribution in [2.75, 3.05) is 26.9 Å². The van der Waals surface area contributed by atoms with Crippen molar-refractivity contribution in [3.8, 4) is 0 Å². The predicted octanol–water partition coefficient (Wildman–Crippen LogP) is 3.25. The highest BCUT2D eigenvalue weighted by atomic mass is 16.5. The molecule has 1 rings (SSSR count). The first-order valence-corrected chi connectivity index (χ1v) is 7.70. The van der Waals surface area contributed by atoms with E-state index < -0.39 is 0 Å². The van der Waals surface area contributed by atoms with E-state index in [-0.39, 0.29) is 6.10 Å². The molecule has 0 spiro atoms. The average molecular weight is 272 g/mol. The van der Waals surface area contributed by atoms with Crippen LogP contribution in [0.15, 0.2) is 0 Å². The first kappa shape index (κ1) is 16.9. The van der Waals surface area contributed by atoms with Crippen molar-refractivity contribution in [2.24, 2.45) is 17.3 Å². The van der Waals surface area contributed by atoms with E-state index in [0.29, 0.717) is 24.5 Å². The summed E-state index contributed by atoms with van der Waals surface area (Å²) in [5.74, 6) is 1.21. The largest absolute Gasteiger partial charge is 0.393 e. The number of aliphatic hydroxyl groups is 1. The number of hydrogen-bond donors (Lipinski definition) is 1. The third kappa shape index (κ3) is 6.24. The van der Waals surface area contributed by atoms with Gasteiger partial charge in [0.05, 0.1) is 19.3 Å². The molecular formula is C16H32O3. The Bertz CT molecular complexity index is 235. The van der Waals surface area contributed by atoms with Crippen LogP contribution in [0.4, 0.5) is 0 Å². The fourth-order valence-electron chi connectivity index (χ4n) is 3.04. The fourth-order valence-corrected chi connectivity index (χ4v) is 3.04. The van der Waals surface area contributed by atoms with E-state index in [1.54, 1.807) is 7.11 Å². The summed E-state index contributed by atoms with van der Waals surface area (Å²) in [7, 11) is 1.69. The fraction of sp³-hybridized carbons (Fsp3) is 1.00. The monoisotopic (exact) mass is 272 g/mol. The van der Waals surface area contributed by atoms with Gasteiger partial charge < -0.3 is 14.6 Å². The quantitative estimate of drug-likeness (QED) is 0.723. The molecule has 3 heteroatoms. The van der Waals surface area contributed by atoms with Crippen LogP contribution in [-0.4, -0.2) is 38.1 Å². The Morgan fingerprint density at radius 3 is 2.47 bits per heavy atom. The second-order valence-corrected chi connectivity index (χ2v) is 6.95. The van der Waals surface area contributed by atoms with E-state index in [0.717, 1.165) is 31.8 Å². The minimum atomic E-state index is -0.0995. The summed E-state index contributed by atoms with van der Waals surface area (Å²) >= 11 is 0. The van der Waals surface area contributed by atoms with Gasteiger partial charge in [-0.1, -0.05) is 20.8 Å². The number of rotatable bonds is 7. The van der Waals surface area contributed by atoms with Gasteiger partial charge in [0.2, 0.25) is 0 Å². The molecule has 0 heterocycles. The highest BCUT2D eigenvalue weighted by Crippen LogP contribution is 2.41. The molecular weight excluding hydrogens is 240 g/mol. The maximum absolute atomic E-state index is 10.1. The molecule has 0 radical (unpaired) electrons. The third-order valence-electron chi connectivity index (χ3n) is 4.46. The topological polar surface area (TPSA) is 38.7 Å². The maximum Gasteiger partial charge on any atom is 0.0700 e. The van der Waals surface area contributed by atoms with Gasteiger partial charge in [-0.05, 0) is 49.4 Å². The van der Waals surface area contributed by atoms with Crippen molar-refractivity contribution in [3.05, 3.63) is 0 Å². The van der Waals surface area contributed by atoms with Gasteiger partial charge in [0.15, 0.2) is 0 Å². The van der Waals surface area contributed by atoms with E-state index in [9.17, 15) is 5.11 Å². The number of aliphatic hydroxyl groups excluding tert-OH is 1. The number of hydrogen-bond acceptors (Lipinski definition) is 3. The van der Waals surface area contributed by atoms with Gasteiger partial charge in [-0.25, -0.2) is 0 Å². The average Bonchev–Trinajstić information content (AvgIpc) is 2.34. The minimum Gasteiger partial charge on any atom is -0.393 e. The van der Waals surface area contributed by atoms with E-state index >= 15 is 0 Å². The van der Waals surface area contributed by atoms with Gasteiger partial charge in [0.25, 0.3) is 0 Å². The first-order valence-electron chi connectivity index (χ1n) is 7.70. The normalized spacial score (nSPS) is 28.6. The van der Waals surface area contributed by atoms with Crippen LogP contribution in [0.25, 0.3) is 0 Å². The van der Waals surface area contributed by atoms with Gasteiger partial charge in [-0.2, -0.15) is 0 Å². The molecule has 114 valence electrons. The van der Waals surface area contributed by atoms with Crippen LogP contribution >= 0.6 is 0 Å². The predicted molar refractivity (Wildman–Crippen MR) is 78.2 cm³/mol. The summed E-state index contributed by atoms with van der Waals surface area (Å²) in [5.41, 5.74) is 0.368. The van der Waals surface area contributed by atoms with Crippen LogP contribution in [0, 0.1) is 17.3 Å². The van der Waals surface area contributed by atoms with Crippen LogP contribution in [0.3, 0.4) is 0 Å². The van der Waals surface area contributed by atoms with Crippen molar-refractivity contribution in [3.63, 3.8) is 0 Å². The molecule has 1 fully saturated rings. The standard InChI is InChI=1S/C16H32O3/c1-16(2,3)14-7-8-15(17)13(12-14)6-5-9-19-11-10-18-4/h13-15,17H,5-12H2,1-4H3. The third-order valence-corrected chi connectivity index (χ3v) is 4.46. The molecule has 0 saturated heterocycles. The minimum absolute atomic E-state index is 0.0995. The van der Waals surface area contributed by atoms with Crippen LogP contribution in [-0.2, 0) is 9.47 Å². The first-order chi connectivity index (χ1) is 8.95. The molecule has 1 aliphatic rings. The summed E-state index contributed by atoms with van der Waals surface area (Å²) in [6.45, 7) is 9.08. The number of ether oxygens (including phenoxy) is 2. The van der Waals surface area contributed by atoms with Gasteiger partial charge in [0, 0.05) is 13.7 Å². The van der Waals surface area contributed by atoms with Gasteiger partial charge >= 0.3 is 0 Å². The zero-order chi connectivity index (χ0) is 14.3. The second-order valence-electron chi connectivity index (χ2n) is 6.95. The maximum atomic E-state index is 10.1. The lowest BCUT2D eigenvalue weighted by Crippen LogP contribution is -2.34. The Hall–Kier alpha value is -0.120. The van der Waals surface area contributed by atoms with Gasteiger partial charge in [-0.15, -0.1) is 0 Å². The highest BCUT2D eigenvalue weighted by molar-refractivity contribution is 4.85. The van der Waals surface area contributed by atoms with E-state index in [1.165, 1.54) is 12.8 Å². The summed E-state index contributed by atoms with van der Waals surface area (Å²) in [6.07, 6.45) is 5.34. The van der Waals surface area contributed by atoms with E-state index in [4.69, 9.17) is 9.47 Å². The molecule has 0 bridgehead atoms. The molecule has 0 aromatic rings. The Morgan fingerprint density at radius 2 is 1.84 bits per heavy atom. The van der Waals surface area contributed by atoms with Crippen molar-refractivity contribution < 1.29 is 14.6 Å². The summed E-state index contributed by atoms with van der Waals surface area (Å²) in [5, 5.41) is 10.1. The highest BCUT2D eigenvalue weighted by Gasteiger charge is 2.34. The van der Waals surface area contributed by atoms with Crippen LogP contribution < -0.4 is 0 Å². The molecule has 1 aliphatic carbocycles. The molecule has 0 aromatic carbocycles. The lowest BCUT2D eigenvalue weighted by Gasteiger charge is -2.40. The summed E-state index contributed by atoms with van der Waals surface area (Å²) in [6, 6.07) is 0. The van der Waals surface area contributed by atoms with Crippen molar-refractivity contribution in [1.29, 1.82) is 0 Å². The molecule has 1 saturated carbocycles. The Kier molecular flexibility index (Phi) is 7.33. The van der Waals surface area contributed by atoms with E-state index in [2.05, 4.69) is 20.8 Å².